The van der Waals surface area contributed by atoms with Gasteiger partial charge in [-0.25, -0.2) is 4.79 Å². The fraction of sp³-hybridized carbons (Fsp3) is 0.278. The highest BCUT2D eigenvalue weighted by molar-refractivity contribution is 7.86. The summed E-state index contributed by atoms with van der Waals surface area (Å²) in [7, 11) is -4.39. The minimum atomic E-state index is -4.39. The van der Waals surface area contributed by atoms with Crippen LogP contribution in [-0.2, 0) is 16.5 Å². The van der Waals surface area contributed by atoms with Gasteiger partial charge in [0, 0.05) is 24.3 Å². The topological polar surface area (TPSA) is 86.7 Å². The summed E-state index contributed by atoms with van der Waals surface area (Å²) >= 11 is 0. The third-order valence-electron chi connectivity index (χ3n) is 4.32. The van der Waals surface area contributed by atoms with Gasteiger partial charge in [0.15, 0.2) is 0 Å². The summed E-state index contributed by atoms with van der Waals surface area (Å²) in [6, 6.07) is 11.8. The van der Waals surface area contributed by atoms with Crippen molar-refractivity contribution in [1.82, 2.24) is 5.32 Å². The Morgan fingerprint density at radius 3 is 2.60 bits per heavy atom. The molecule has 2 aromatic carbocycles. The maximum Gasteiger partial charge on any atom is 0.321 e. The van der Waals surface area contributed by atoms with E-state index < -0.39 is 10.1 Å². The van der Waals surface area contributed by atoms with Gasteiger partial charge in [-0.3, -0.25) is 9.45 Å². The normalized spacial score (nSPS) is 15.1. The summed E-state index contributed by atoms with van der Waals surface area (Å²) in [6.45, 7) is 3.17. The van der Waals surface area contributed by atoms with Gasteiger partial charge in [0.25, 0.3) is 10.1 Å². The van der Waals surface area contributed by atoms with E-state index in [0.29, 0.717) is 24.3 Å². The fourth-order valence-corrected chi connectivity index (χ4v) is 3.78. The first-order valence-electron chi connectivity index (χ1n) is 8.17. The monoisotopic (exact) mass is 360 g/mol. The Morgan fingerprint density at radius 1 is 1.16 bits per heavy atom. The number of urea groups is 1. The van der Waals surface area contributed by atoms with E-state index >= 15 is 0 Å². The summed E-state index contributed by atoms with van der Waals surface area (Å²) in [5, 5.41) is 2.78. The number of carbonyl (C=O) groups is 1. The quantitative estimate of drug-likeness (QED) is 0.821. The van der Waals surface area contributed by atoms with Crippen molar-refractivity contribution in [3.05, 3.63) is 48.0 Å². The number of nitrogens with zero attached hydrogens (tertiary/aromatic N) is 1. The van der Waals surface area contributed by atoms with Crippen molar-refractivity contribution in [3.8, 4) is 11.1 Å². The Kier molecular flexibility index (Phi) is 4.78. The number of anilines is 1. The number of rotatable bonds is 4. The van der Waals surface area contributed by atoms with E-state index in [9.17, 15) is 17.8 Å². The summed E-state index contributed by atoms with van der Waals surface area (Å²) in [5.74, 6) is 0. The van der Waals surface area contributed by atoms with E-state index in [0.717, 1.165) is 24.0 Å². The maximum absolute atomic E-state index is 12.1. The van der Waals surface area contributed by atoms with Gasteiger partial charge >= 0.3 is 6.03 Å². The van der Waals surface area contributed by atoms with Crippen molar-refractivity contribution >= 4 is 21.8 Å². The average Bonchev–Trinajstić information content (AvgIpc) is 2.61. The molecule has 1 aliphatic heterocycles. The van der Waals surface area contributed by atoms with Crippen LogP contribution in [-0.4, -0.2) is 32.1 Å². The highest BCUT2D eigenvalue weighted by atomic mass is 32.2. The van der Waals surface area contributed by atoms with Crippen LogP contribution in [0.5, 0.6) is 0 Å². The lowest BCUT2D eigenvalue weighted by Gasteiger charge is -2.28. The Labute approximate surface area is 147 Å². The molecule has 2 N–H and O–H groups in total. The first-order chi connectivity index (χ1) is 11.9. The molecule has 2 amide bonds. The fourth-order valence-electron chi connectivity index (χ4n) is 3.09. The van der Waals surface area contributed by atoms with Gasteiger partial charge in [-0.1, -0.05) is 31.2 Å². The third kappa shape index (κ3) is 3.52. The van der Waals surface area contributed by atoms with Crippen LogP contribution in [0.4, 0.5) is 10.5 Å². The predicted molar refractivity (Wildman–Crippen MR) is 96.4 cm³/mol. The molecule has 0 radical (unpaired) electrons. The molecule has 0 saturated carbocycles. The van der Waals surface area contributed by atoms with E-state index in [2.05, 4.69) is 5.32 Å². The zero-order valence-electron chi connectivity index (χ0n) is 13.9. The molecule has 6 nitrogen and oxygen atoms in total. The third-order valence-corrected chi connectivity index (χ3v) is 5.23. The van der Waals surface area contributed by atoms with Crippen molar-refractivity contribution in [3.63, 3.8) is 0 Å². The van der Waals surface area contributed by atoms with Gasteiger partial charge in [0.05, 0.1) is 0 Å². The molecule has 0 atom stereocenters. The first-order valence-corrected chi connectivity index (χ1v) is 9.61. The molecule has 7 heteroatoms. The molecule has 0 aliphatic carbocycles. The molecule has 0 spiro atoms. The Morgan fingerprint density at radius 2 is 1.92 bits per heavy atom. The largest absolute Gasteiger partial charge is 0.338 e. The van der Waals surface area contributed by atoms with Crippen LogP contribution in [0.1, 0.15) is 18.9 Å². The number of hydrogen-bond acceptors (Lipinski definition) is 3. The molecule has 0 bridgehead atoms. The zero-order valence-corrected chi connectivity index (χ0v) is 14.7. The van der Waals surface area contributed by atoms with E-state index in [-0.39, 0.29) is 10.9 Å². The van der Waals surface area contributed by atoms with Crippen LogP contribution in [0.2, 0.25) is 0 Å². The molecule has 1 fully saturated rings. The summed E-state index contributed by atoms with van der Waals surface area (Å²) in [4.78, 5) is 13.5. The Balaban J connectivity index is 2.19. The van der Waals surface area contributed by atoms with E-state index in [1.165, 1.54) is 6.07 Å². The van der Waals surface area contributed by atoms with Crippen LogP contribution >= 0.6 is 0 Å². The van der Waals surface area contributed by atoms with Gasteiger partial charge < -0.3 is 5.32 Å². The first kappa shape index (κ1) is 17.4. The summed E-state index contributed by atoms with van der Waals surface area (Å²) in [5.41, 5.74) is 2.70. The number of hydrogen-bond donors (Lipinski definition) is 2. The van der Waals surface area contributed by atoms with Crippen molar-refractivity contribution in [2.75, 3.05) is 18.0 Å². The molecule has 3 rings (SSSR count). The summed E-state index contributed by atoms with van der Waals surface area (Å²) in [6.07, 6.45) is 1.53. The second-order valence-electron chi connectivity index (χ2n) is 5.90. The molecule has 1 heterocycles. The van der Waals surface area contributed by atoms with Gasteiger partial charge in [-0.15, -0.1) is 0 Å². The highest BCUT2D eigenvalue weighted by Crippen LogP contribution is 2.34. The summed E-state index contributed by atoms with van der Waals surface area (Å²) < 4.78 is 33.3. The predicted octanol–water partition coefficient (Wildman–Crippen LogP) is 3.08. The molecular formula is C18H20N2O4S. The number of aryl methyl sites for hydroxylation is 1. The molecule has 2 aromatic rings. The van der Waals surface area contributed by atoms with Crippen molar-refractivity contribution in [2.45, 2.75) is 24.7 Å². The minimum Gasteiger partial charge on any atom is -0.338 e. The SMILES string of the molecule is CCc1ccccc1-c1cc(N2CCCNC2=O)ccc1S(=O)(=O)O. The second kappa shape index (κ2) is 6.85. The maximum atomic E-state index is 12.1. The van der Waals surface area contributed by atoms with Gasteiger partial charge in [0.1, 0.15) is 4.90 Å². The van der Waals surface area contributed by atoms with E-state index in [1.807, 2.05) is 31.2 Å². The van der Waals surface area contributed by atoms with E-state index in [1.54, 1.807) is 17.0 Å². The minimum absolute atomic E-state index is 0.158. The molecule has 1 saturated heterocycles. The standard InChI is InChI=1S/C18H20N2O4S/c1-2-13-6-3-4-7-15(13)16-12-14(8-9-17(16)25(22,23)24)20-11-5-10-19-18(20)21/h3-4,6-9,12H,2,5,10-11H2,1H3,(H,19,21)(H,22,23,24). The van der Waals surface area contributed by atoms with Crippen LogP contribution in [0, 0.1) is 0 Å². The van der Waals surface area contributed by atoms with Gasteiger partial charge in [-0.05, 0) is 42.2 Å². The lowest BCUT2D eigenvalue weighted by atomic mass is 9.97. The number of amides is 2. The van der Waals surface area contributed by atoms with Crippen LogP contribution < -0.4 is 10.2 Å². The Bertz CT molecular complexity index is 909. The Hall–Kier alpha value is -2.38. The lowest BCUT2D eigenvalue weighted by Crippen LogP contribution is -2.46. The molecule has 1 aliphatic rings. The van der Waals surface area contributed by atoms with Gasteiger partial charge in [-0.2, -0.15) is 8.42 Å². The van der Waals surface area contributed by atoms with Crippen LogP contribution in [0.25, 0.3) is 11.1 Å². The van der Waals surface area contributed by atoms with Crippen molar-refractivity contribution < 1.29 is 17.8 Å². The zero-order chi connectivity index (χ0) is 18.0. The number of nitrogens with one attached hydrogen (secondary N) is 1. The van der Waals surface area contributed by atoms with Gasteiger partial charge in [0.2, 0.25) is 0 Å². The highest BCUT2D eigenvalue weighted by Gasteiger charge is 2.23. The molecule has 0 unspecified atom stereocenters. The lowest BCUT2D eigenvalue weighted by molar-refractivity contribution is 0.243. The van der Waals surface area contributed by atoms with Crippen LogP contribution in [0.15, 0.2) is 47.4 Å². The van der Waals surface area contributed by atoms with E-state index in [4.69, 9.17) is 0 Å². The van der Waals surface area contributed by atoms with Crippen LogP contribution in [0.3, 0.4) is 0 Å². The molecule has 0 aromatic heterocycles. The van der Waals surface area contributed by atoms with Crippen molar-refractivity contribution in [2.24, 2.45) is 0 Å². The number of benzene rings is 2. The molecular weight excluding hydrogens is 340 g/mol. The number of carbonyl (C=O) groups excluding carboxylic acids is 1. The smallest absolute Gasteiger partial charge is 0.321 e. The van der Waals surface area contributed by atoms with Crippen molar-refractivity contribution in [1.29, 1.82) is 0 Å². The second-order valence-corrected chi connectivity index (χ2v) is 7.29. The molecule has 132 valence electrons. The average molecular weight is 360 g/mol. The molecule has 25 heavy (non-hydrogen) atoms.